The maximum absolute atomic E-state index is 12.5. The third kappa shape index (κ3) is 5.01. The number of ketones is 1. The lowest BCUT2D eigenvalue weighted by atomic mass is 9.93. The number of hydrogen-bond donors (Lipinski definition) is 2. The SMILES string of the molecule is CCN(CCOc1ccc(NC(=O)c2c[nH]c3c2C(=O)CCC3)cn1)S(C)(=O)=O. The number of amides is 1. The zero-order valence-electron chi connectivity index (χ0n) is 16.4. The minimum absolute atomic E-state index is 0.0188. The first-order chi connectivity index (χ1) is 13.8. The van der Waals surface area contributed by atoms with E-state index in [1.807, 2.05) is 0 Å². The van der Waals surface area contributed by atoms with E-state index < -0.39 is 10.0 Å². The summed E-state index contributed by atoms with van der Waals surface area (Å²) in [5.41, 5.74) is 2.09. The molecule has 0 spiro atoms. The molecule has 1 aliphatic carbocycles. The van der Waals surface area contributed by atoms with Crippen LogP contribution in [-0.4, -0.2) is 60.3 Å². The third-order valence-corrected chi connectivity index (χ3v) is 6.10. The highest BCUT2D eigenvalue weighted by Crippen LogP contribution is 2.24. The number of rotatable bonds is 8. The number of fused-ring (bicyclic) bond motifs is 1. The number of Topliss-reactive ketones (excluding diaryl/α,β-unsaturated/α-hetero) is 1. The fourth-order valence-corrected chi connectivity index (χ4v) is 4.14. The van der Waals surface area contributed by atoms with Gasteiger partial charge in [0.05, 0.1) is 29.3 Å². The molecule has 0 bridgehead atoms. The fraction of sp³-hybridized carbons (Fsp3) is 0.421. The number of H-pyrrole nitrogens is 1. The van der Waals surface area contributed by atoms with E-state index in [0.29, 0.717) is 35.7 Å². The number of anilines is 1. The van der Waals surface area contributed by atoms with Crippen molar-refractivity contribution in [1.29, 1.82) is 0 Å². The van der Waals surface area contributed by atoms with Crippen molar-refractivity contribution >= 4 is 27.4 Å². The van der Waals surface area contributed by atoms with Crippen LogP contribution >= 0.6 is 0 Å². The molecule has 0 unspecified atom stereocenters. The van der Waals surface area contributed by atoms with Gasteiger partial charge in [-0.1, -0.05) is 6.92 Å². The van der Waals surface area contributed by atoms with E-state index in [1.165, 1.54) is 10.5 Å². The van der Waals surface area contributed by atoms with E-state index in [-0.39, 0.29) is 24.8 Å². The molecule has 2 N–H and O–H groups in total. The maximum Gasteiger partial charge on any atom is 0.257 e. The zero-order valence-corrected chi connectivity index (χ0v) is 17.2. The highest BCUT2D eigenvalue weighted by atomic mass is 32.2. The van der Waals surface area contributed by atoms with Crippen LogP contribution in [0.25, 0.3) is 0 Å². The van der Waals surface area contributed by atoms with Crippen molar-refractivity contribution in [2.24, 2.45) is 0 Å². The van der Waals surface area contributed by atoms with Crippen LogP contribution in [0.2, 0.25) is 0 Å². The van der Waals surface area contributed by atoms with Gasteiger partial charge < -0.3 is 15.0 Å². The first-order valence-electron chi connectivity index (χ1n) is 9.38. The normalized spacial score (nSPS) is 14.0. The Labute approximate surface area is 169 Å². The molecule has 0 aromatic carbocycles. The highest BCUT2D eigenvalue weighted by Gasteiger charge is 2.25. The summed E-state index contributed by atoms with van der Waals surface area (Å²) in [6.45, 7) is 2.51. The molecule has 0 saturated heterocycles. The molecule has 2 aromatic rings. The van der Waals surface area contributed by atoms with Crippen molar-refractivity contribution in [3.63, 3.8) is 0 Å². The summed E-state index contributed by atoms with van der Waals surface area (Å²) in [6, 6.07) is 3.22. The summed E-state index contributed by atoms with van der Waals surface area (Å²) < 4.78 is 29.9. The van der Waals surface area contributed by atoms with Crippen molar-refractivity contribution in [1.82, 2.24) is 14.3 Å². The van der Waals surface area contributed by atoms with Crippen molar-refractivity contribution in [3.05, 3.63) is 41.3 Å². The van der Waals surface area contributed by atoms with Crippen molar-refractivity contribution in [3.8, 4) is 5.88 Å². The van der Waals surface area contributed by atoms with Gasteiger partial charge in [-0.05, 0) is 18.9 Å². The number of sulfonamides is 1. The minimum Gasteiger partial charge on any atom is -0.476 e. The molecule has 0 fully saturated rings. The third-order valence-electron chi connectivity index (χ3n) is 4.72. The van der Waals surface area contributed by atoms with Crippen molar-refractivity contribution in [2.75, 3.05) is 31.3 Å². The van der Waals surface area contributed by atoms with Crippen LogP contribution in [0.1, 0.15) is 46.2 Å². The Morgan fingerprint density at radius 2 is 2.14 bits per heavy atom. The molecule has 3 rings (SSSR count). The Morgan fingerprint density at radius 1 is 1.34 bits per heavy atom. The largest absolute Gasteiger partial charge is 0.476 e. The summed E-state index contributed by atoms with van der Waals surface area (Å²) in [5, 5.41) is 2.73. The minimum atomic E-state index is -3.26. The lowest BCUT2D eigenvalue weighted by molar-refractivity contribution is 0.0956. The van der Waals surface area contributed by atoms with E-state index in [4.69, 9.17) is 4.74 Å². The number of carbonyl (C=O) groups excluding carboxylic acids is 2. The Bertz CT molecular complexity index is 998. The van der Waals surface area contributed by atoms with E-state index >= 15 is 0 Å². The second kappa shape index (κ2) is 8.75. The fourth-order valence-electron chi connectivity index (χ4n) is 3.26. The summed E-state index contributed by atoms with van der Waals surface area (Å²) in [7, 11) is -3.26. The van der Waals surface area contributed by atoms with Gasteiger partial charge in [0.2, 0.25) is 15.9 Å². The number of nitrogens with one attached hydrogen (secondary N) is 2. The number of aromatic amines is 1. The molecule has 1 amide bonds. The number of nitrogens with zero attached hydrogens (tertiary/aromatic N) is 2. The monoisotopic (exact) mass is 420 g/mol. The molecule has 2 heterocycles. The number of likely N-dealkylation sites (N-methyl/N-ethyl adjacent to an activating group) is 1. The van der Waals surface area contributed by atoms with Crippen molar-refractivity contribution < 1.29 is 22.7 Å². The lowest BCUT2D eigenvalue weighted by Crippen LogP contribution is -2.33. The van der Waals surface area contributed by atoms with E-state index in [0.717, 1.165) is 24.8 Å². The van der Waals surface area contributed by atoms with Crippen LogP contribution in [0.3, 0.4) is 0 Å². The van der Waals surface area contributed by atoms with Gasteiger partial charge in [-0.2, -0.15) is 4.31 Å². The standard InChI is InChI=1S/C19H24N4O5S/c1-3-23(29(2,26)27)9-10-28-17-8-7-13(11-21-17)22-19(25)14-12-20-15-5-4-6-16(24)18(14)15/h7-8,11-12,20H,3-6,9-10H2,1-2H3,(H,22,25). The Hall–Kier alpha value is -2.72. The number of ether oxygens (including phenoxy) is 1. The summed E-state index contributed by atoms with van der Waals surface area (Å²) >= 11 is 0. The summed E-state index contributed by atoms with van der Waals surface area (Å²) in [5.74, 6) is -0.0727. The molecule has 29 heavy (non-hydrogen) atoms. The van der Waals surface area contributed by atoms with Gasteiger partial charge in [0.15, 0.2) is 5.78 Å². The zero-order chi connectivity index (χ0) is 21.0. The van der Waals surface area contributed by atoms with Gasteiger partial charge in [-0.25, -0.2) is 13.4 Å². The smallest absolute Gasteiger partial charge is 0.257 e. The van der Waals surface area contributed by atoms with E-state index in [9.17, 15) is 18.0 Å². The maximum atomic E-state index is 12.5. The van der Waals surface area contributed by atoms with Gasteiger partial charge in [-0.3, -0.25) is 9.59 Å². The molecule has 0 aliphatic heterocycles. The molecule has 0 atom stereocenters. The quantitative estimate of drug-likeness (QED) is 0.672. The Morgan fingerprint density at radius 3 is 2.79 bits per heavy atom. The number of carbonyl (C=O) groups is 2. The Kier molecular flexibility index (Phi) is 6.33. The predicted molar refractivity (Wildman–Crippen MR) is 108 cm³/mol. The van der Waals surface area contributed by atoms with E-state index in [1.54, 1.807) is 25.3 Å². The van der Waals surface area contributed by atoms with Crippen LogP contribution in [0.5, 0.6) is 5.88 Å². The number of aromatic nitrogens is 2. The molecule has 2 aromatic heterocycles. The molecule has 0 radical (unpaired) electrons. The van der Waals surface area contributed by atoms with Crippen LogP contribution in [0, 0.1) is 0 Å². The molecule has 0 saturated carbocycles. The van der Waals surface area contributed by atoms with Crippen molar-refractivity contribution in [2.45, 2.75) is 26.2 Å². The average Bonchev–Trinajstić information content (AvgIpc) is 3.11. The number of aryl methyl sites for hydroxylation is 1. The average molecular weight is 420 g/mol. The lowest BCUT2D eigenvalue weighted by Gasteiger charge is -2.17. The molecule has 9 nitrogen and oxygen atoms in total. The summed E-state index contributed by atoms with van der Waals surface area (Å²) in [6.07, 6.45) is 6.17. The van der Waals surface area contributed by atoms with E-state index in [2.05, 4.69) is 15.3 Å². The van der Waals surface area contributed by atoms with Crippen LogP contribution in [0.4, 0.5) is 5.69 Å². The van der Waals surface area contributed by atoms with Gasteiger partial charge in [0, 0.05) is 37.5 Å². The molecular weight excluding hydrogens is 396 g/mol. The number of hydrogen-bond acceptors (Lipinski definition) is 6. The van der Waals surface area contributed by atoms with Gasteiger partial charge in [0.25, 0.3) is 5.91 Å². The second-order valence-corrected chi connectivity index (χ2v) is 8.76. The van der Waals surface area contributed by atoms with Gasteiger partial charge >= 0.3 is 0 Å². The topological polar surface area (TPSA) is 121 Å². The molecular formula is C19H24N4O5S. The van der Waals surface area contributed by atoms with Crippen LogP contribution in [0.15, 0.2) is 24.5 Å². The molecule has 1 aliphatic rings. The first kappa shape index (κ1) is 21.0. The predicted octanol–water partition coefficient (Wildman–Crippen LogP) is 1.84. The Balaban J connectivity index is 1.58. The summed E-state index contributed by atoms with van der Waals surface area (Å²) in [4.78, 5) is 31.8. The molecule has 156 valence electrons. The van der Waals surface area contributed by atoms with Gasteiger partial charge in [-0.15, -0.1) is 0 Å². The highest BCUT2D eigenvalue weighted by molar-refractivity contribution is 7.88. The van der Waals surface area contributed by atoms with Crippen LogP contribution in [-0.2, 0) is 16.4 Å². The molecule has 10 heteroatoms. The first-order valence-corrected chi connectivity index (χ1v) is 11.2. The van der Waals surface area contributed by atoms with Crippen LogP contribution < -0.4 is 10.1 Å². The number of pyridine rings is 1. The second-order valence-electron chi connectivity index (χ2n) is 6.77. The van der Waals surface area contributed by atoms with Gasteiger partial charge in [0.1, 0.15) is 6.61 Å².